The van der Waals surface area contributed by atoms with Crippen LogP contribution in [0.2, 0.25) is 0 Å². The molecular weight excluding hydrogens is 188 g/mol. The topological polar surface area (TPSA) is 26.3 Å². The minimum atomic E-state index is -0.251. The van der Waals surface area contributed by atoms with Crippen molar-refractivity contribution >= 4 is 5.78 Å². The standard InChI is InChI=1S/C13H26O2/c1-7-15-10-8-9-11(14)13(5,6)12(2,3)4/h7-10H2,1-6H3. The molecule has 0 saturated carbocycles. The van der Waals surface area contributed by atoms with Crippen LogP contribution in [-0.2, 0) is 9.53 Å². The first-order valence-corrected chi connectivity index (χ1v) is 5.84. The zero-order chi connectivity index (χ0) is 12.1. The highest BCUT2D eigenvalue weighted by Gasteiger charge is 2.38. The fourth-order valence-corrected chi connectivity index (χ4v) is 1.21. The van der Waals surface area contributed by atoms with E-state index in [9.17, 15) is 4.79 Å². The van der Waals surface area contributed by atoms with E-state index in [1.54, 1.807) is 0 Å². The van der Waals surface area contributed by atoms with E-state index in [-0.39, 0.29) is 10.8 Å². The summed E-state index contributed by atoms with van der Waals surface area (Å²) in [4.78, 5) is 12.0. The number of carbonyl (C=O) groups is 1. The first-order chi connectivity index (χ1) is 6.73. The minimum absolute atomic E-state index is 0.0235. The van der Waals surface area contributed by atoms with Gasteiger partial charge in [-0.25, -0.2) is 0 Å². The summed E-state index contributed by atoms with van der Waals surface area (Å²) in [5.41, 5.74) is -0.227. The molecule has 2 nitrogen and oxygen atoms in total. The molecule has 0 aliphatic carbocycles. The summed E-state index contributed by atoms with van der Waals surface area (Å²) in [6.07, 6.45) is 1.47. The molecule has 0 aliphatic heterocycles. The Bertz CT molecular complexity index is 199. The lowest BCUT2D eigenvalue weighted by atomic mass is 9.66. The lowest BCUT2D eigenvalue weighted by Gasteiger charge is -2.37. The van der Waals surface area contributed by atoms with Crippen molar-refractivity contribution in [2.45, 2.75) is 54.4 Å². The van der Waals surface area contributed by atoms with Crippen LogP contribution >= 0.6 is 0 Å². The van der Waals surface area contributed by atoms with E-state index < -0.39 is 0 Å². The number of rotatable bonds is 6. The molecule has 0 radical (unpaired) electrons. The summed E-state index contributed by atoms with van der Waals surface area (Å²) >= 11 is 0. The number of ketones is 1. The summed E-state index contributed by atoms with van der Waals surface area (Å²) in [7, 11) is 0. The van der Waals surface area contributed by atoms with Gasteiger partial charge in [0.1, 0.15) is 5.78 Å². The van der Waals surface area contributed by atoms with E-state index in [1.165, 1.54) is 0 Å². The SMILES string of the molecule is CCOCCCC(=O)C(C)(C)C(C)(C)C. The van der Waals surface area contributed by atoms with Crippen molar-refractivity contribution < 1.29 is 9.53 Å². The van der Waals surface area contributed by atoms with Gasteiger partial charge in [0.15, 0.2) is 0 Å². The quantitative estimate of drug-likeness (QED) is 0.633. The van der Waals surface area contributed by atoms with Crippen molar-refractivity contribution in [3.05, 3.63) is 0 Å². The van der Waals surface area contributed by atoms with E-state index in [1.807, 2.05) is 20.8 Å². The molecule has 90 valence electrons. The van der Waals surface area contributed by atoms with Gasteiger partial charge in [-0.05, 0) is 18.8 Å². The van der Waals surface area contributed by atoms with Gasteiger partial charge >= 0.3 is 0 Å². The lowest BCUT2D eigenvalue weighted by molar-refractivity contribution is -0.132. The molecule has 0 unspecified atom stereocenters. The second-order valence-electron chi connectivity index (χ2n) is 5.60. The zero-order valence-electron chi connectivity index (χ0n) is 11.1. The number of carbonyl (C=O) groups excluding carboxylic acids is 1. The van der Waals surface area contributed by atoms with E-state index in [2.05, 4.69) is 20.8 Å². The summed E-state index contributed by atoms with van der Waals surface area (Å²) in [5, 5.41) is 0. The van der Waals surface area contributed by atoms with Crippen molar-refractivity contribution in [2.24, 2.45) is 10.8 Å². The third-order valence-corrected chi connectivity index (χ3v) is 3.47. The van der Waals surface area contributed by atoms with Crippen LogP contribution in [0, 0.1) is 10.8 Å². The van der Waals surface area contributed by atoms with Gasteiger partial charge in [0.25, 0.3) is 0 Å². The fourth-order valence-electron chi connectivity index (χ4n) is 1.21. The monoisotopic (exact) mass is 214 g/mol. The van der Waals surface area contributed by atoms with Gasteiger partial charge < -0.3 is 4.74 Å². The summed E-state index contributed by atoms with van der Waals surface area (Å²) < 4.78 is 5.23. The molecule has 2 heteroatoms. The van der Waals surface area contributed by atoms with Gasteiger partial charge in [-0.15, -0.1) is 0 Å². The Balaban J connectivity index is 4.10. The van der Waals surface area contributed by atoms with Crippen molar-refractivity contribution in [1.82, 2.24) is 0 Å². The Labute approximate surface area is 94.4 Å². The van der Waals surface area contributed by atoms with Crippen LogP contribution in [0.5, 0.6) is 0 Å². The third-order valence-electron chi connectivity index (χ3n) is 3.47. The third kappa shape index (κ3) is 4.33. The largest absolute Gasteiger partial charge is 0.382 e. The maximum absolute atomic E-state index is 12.0. The van der Waals surface area contributed by atoms with E-state index in [0.29, 0.717) is 18.8 Å². The van der Waals surface area contributed by atoms with Gasteiger partial charge in [-0.1, -0.05) is 34.6 Å². The highest BCUT2D eigenvalue weighted by molar-refractivity contribution is 5.84. The molecular formula is C13H26O2. The molecule has 0 aromatic heterocycles. The minimum Gasteiger partial charge on any atom is -0.382 e. The second-order valence-corrected chi connectivity index (χ2v) is 5.60. The van der Waals surface area contributed by atoms with Crippen LogP contribution in [0.25, 0.3) is 0 Å². The van der Waals surface area contributed by atoms with Crippen LogP contribution in [0.15, 0.2) is 0 Å². The van der Waals surface area contributed by atoms with E-state index in [4.69, 9.17) is 4.74 Å². The molecule has 0 fully saturated rings. The molecule has 0 heterocycles. The van der Waals surface area contributed by atoms with Crippen LogP contribution in [0.4, 0.5) is 0 Å². The van der Waals surface area contributed by atoms with Crippen LogP contribution in [-0.4, -0.2) is 19.0 Å². The Morgan fingerprint density at radius 3 is 2.07 bits per heavy atom. The molecule has 0 amide bonds. The van der Waals surface area contributed by atoms with E-state index in [0.717, 1.165) is 13.0 Å². The average Bonchev–Trinajstić information content (AvgIpc) is 2.10. The predicted octanol–water partition coefficient (Wildman–Crippen LogP) is 3.44. The lowest BCUT2D eigenvalue weighted by Crippen LogP contribution is -2.37. The number of Topliss-reactive ketones (excluding diaryl/α,β-unsaturated/α-hetero) is 1. The Hall–Kier alpha value is -0.370. The first kappa shape index (κ1) is 14.6. The molecule has 0 spiro atoms. The van der Waals surface area contributed by atoms with Gasteiger partial charge in [0.2, 0.25) is 0 Å². The van der Waals surface area contributed by atoms with Crippen LogP contribution in [0.3, 0.4) is 0 Å². The molecule has 0 saturated heterocycles. The highest BCUT2D eigenvalue weighted by Crippen LogP contribution is 2.39. The Morgan fingerprint density at radius 2 is 1.67 bits per heavy atom. The molecule has 0 aromatic rings. The summed E-state index contributed by atoms with van der Waals surface area (Å²) in [5.74, 6) is 0.342. The molecule has 0 N–H and O–H groups in total. The number of ether oxygens (including phenoxy) is 1. The fraction of sp³-hybridized carbons (Fsp3) is 0.923. The van der Waals surface area contributed by atoms with Crippen LogP contribution < -0.4 is 0 Å². The molecule has 0 aromatic carbocycles. The summed E-state index contributed by atoms with van der Waals surface area (Å²) in [6, 6.07) is 0. The molecule has 15 heavy (non-hydrogen) atoms. The average molecular weight is 214 g/mol. The predicted molar refractivity (Wildman–Crippen MR) is 64.0 cm³/mol. The molecule has 0 rings (SSSR count). The van der Waals surface area contributed by atoms with Gasteiger partial charge in [0, 0.05) is 25.0 Å². The second kappa shape index (κ2) is 5.64. The van der Waals surface area contributed by atoms with Gasteiger partial charge in [-0.2, -0.15) is 0 Å². The van der Waals surface area contributed by atoms with Crippen LogP contribution in [0.1, 0.15) is 54.4 Å². The number of hydrogen-bond donors (Lipinski definition) is 0. The van der Waals surface area contributed by atoms with Crippen molar-refractivity contribution in [3.63, 3.8) is 0 Å². The zero-order valence-corrected chi connectivity index (χ0v) is 11.1. The maximum Gasteiger partial charge on any atom is 0.139 e. The van der Waals surface area contributed by atoms with Crippen molar-refractivity contribution in [3.8, 4) is 0 Å². The Morgan fingerprint density at radius 1 is 1.13 bits per heavy atom. The normalized spacial score (nSPS) is 12.9. The maximum atomic E-state index is 12.0. The molecule has 0 atom stereocenters. The molecule has 0 bridgehead atoms. The van der Waals surface area contributed by atoms with Gasteiger partial charge in [0.05, 0.1) is 0 Å². The molecule has 0 aliphatic rings. The summed E-state index contributed by atoms with van der Waals surface area (Å²) in [6.45, 7) is 13.8. The van der Waals surface area contributed by atoms with E-state index >= 15 is 0 Å². The first-order valence-electron chi connectivity index (χ1n) is 5.84. The van der Waals surface area contributed by atoms with Gasteiger partial charge in [-0.3, -0.25) is 4.79 Å². The number of hydrogen-bond acceptors (Lipinski definition) is 2. The Kier molecular flexibility index (Phi) is 5.50. The van der Waals surface area contributed by atoms with Crippen molar-refractivity contribution in [1.29, 1.82) is 0 Å². The van der Waals surface area contributed by atoms with Crippen molar-refractivity contribution in [2.75, 3.05) is 13.2 Å². The highest BCUT2D eigenvalue weighted by atomic mass is 16.5. The smallest absolute Gasteiger partial charge is 0.139 e.